The lowest BCUT2D eigenvalue weighted by molar-refractivity contribution is -0.137. The summed E-state index contributed by atoms with van der Waals surface area (Å²) in [5.74, 6) is -0.760. The van der Waals surface area contributed by atoms with Crippen molar-refractivity contribution in [3.63, 3.8) is 0 Å². The molecule has 0 aliphatic carbocycles. The molecule has 0 saturated carbocycles. The standard InChI is InChI=1S/C9H15NO3/c1-3-7-10-8(11)5-6-9(12)13-4-2/h5-6H,3-4,7H2,1-2H3,(H,10,11)/b6-5+. The van der Waals surface area contributed by atoms with Gasteiger partial charge in [-0.1, -0.05) is 6.92 Å². The van der Waals surface area contributed by atoms with E-state index in [4.69, 9.17) is 0 Å². The van der Waals surface area contributed by atoms with Crippen LogP contribution in [0.2, 0.25) is 0 Å². The van der Waals surface area contributed by atoms with Crippen molar-refractivity contribution >= 4 is 11.9 Å². The zero-order valence-corrected chi connectivity index (χ0v) is 8.00. The number of carbonyl (C=O) groups excluding carboxylic acids is 2. The Morgan fingerprint density at radius 2 is 2.00 bits per heavy atom. The molecule has 0 aromatic heterocycles. The summed E-state index contributed by atoms with van der Waals surface area (Å²) in [6.07, 6.45) is 3.17. The molecule has 0 atom stereocenters. The van der Waals surface area contributed by atoms with Gasteiger partial charge in [0.2, 0.25) is 5.91 Å². The third-order valence-electron chi connectivity index (χ3n) is 1.21. The summed E-state index contributed by atoms with van der Waals surface area (Å²) in [4.78, 5) is 21.6. The third-order valence-corrected chi connectivity index (χ3v) is 1.21. The summed E-state index contributed by atoms with van der Waals surface area (Å²) in [6, 6.07) is 0. The van der Waals surface area contributed by atoms with E-state index in [1.807, 2.05) is 6.92 Å². The summed E-state index contributed by atoms with van der Waals surface area (Å²) >= 11 is 0. The Balaban J connectivity index is 3.69. The average molecular weight is 185 g/mol. The first-order chi connectivity index (χ1) is 6.20. The topological polar surface area (TPSA) is 55.4 Å². The van der Waals surface area contributed by atoms with E-state index in [0.29, 0.717) is 13.2 Å². The molecule has 0 bridgehead atoms. The van der Waals surface area contributed by atoms with Crippen molar-refractivity contribution < 1.29 is 14.3 Å². The van der Waals surface area contributed by atoms with Crippen molar-refractivity contribution in [3.05, 3.63) is 12.2 Å². The van der Waals surface area contributed by atoms with Gasteiger partial charge in [0.15, 0.2) is 0 Å². The summed E-state index contributed by atoms with van der Waals surface area (Å²) in [5, 5.41) is 2.60. The quantitative estimate of drug-likeness (QED) is 0.505. The van der Waals surface area contributed by atoms with Gasteiger partial charge in [0.1, 0.15) is 0 Å². The molecular formula is C9H15NO3. The number of carbonyl (C=O) groups is 2. The van der Waals surface area contributed by atoms with Crippen molar-refractivity contribution in [2.24, 2.45) is 0 Å². The zero-order chi connectivity index (χ0) is 10.1. The molecule has 1 N–H and O–H groups in total. The van der Waals surface area contributed by atoms with Gasteiger partial charge in [-0.3, -0.25) is 4.79 Å². The van der Waals surface area contributed by atoms with E-state index in [1.54, 1.807) is 6.92 Å². The Labute approximate surface area is 78.0 Å². The molecule has 1 amide bonds. The maximum atomic E-state index is 10.9. The monoisotopic (exact) mass is 185 g/mol. The third kappa shape index (κ3) is 7.05. The molecule has 74 valence electrons. The van der Waals surface area contributed by atoms with Crippen LogP contribution in [0.25, 0.3) is 0 Å². The normalized spacial score (nSPS) is 10.0. The summed E-state index contributed by atoms with van der Waals surface area (Å²) in [6.45, 7) is 4.60. The number of hydrogen-bond acceptors (Lipinski definition) is 3. The van der Waals surface area contributed by atoms with E-state index in [1.165, 1.54) is 6.08 Å². The van der Waals surface area contributed by atoms with Gasteiger partial charge in [-0.05, 0) is 13.3 Å². The van der Waals surface area contributed by atoms with E-state index < -0.39 is 5.97 Å². The van der Waals surface area contributed by atoms with Crippen LogP contribution in [0, 0.1) is 0 Å². The van der Waals surface area contributed by atoms with Crippen molar-refractivity contribution in [3.8, 4) is 0 Å². The molecule has 0 aliphatic rings. The minimum atomic E-state index is -0.492. The van der Waals surface area contributed by atoms with Gasteiger partial charge in [0.05, 0.1) is 6.61 Å². The highest BCUT2D eigenvalue weighted by Crippen LogP contribution is 1.81. The molecule has 4 nitrogen and oxygen atoms in total. The summed E-state index contributed by atoms with van der Waals surface area (Å²) in [7, 11) is 0. The SMILES string of the molecule is CCCNC(=O)/C=C/C(=O)OCC. The van der Waals surface area contributed by atoms with Crippen LogP contribution >= 0.6 is 0 Å². The van der Waals surface area contributed by atoms with Crippen LogP contribution in [0.4, 0.5) is 0 Å². The van der Waals surface area contributed by atoms with Gasteiger partial charge >= 0.3 is 5.97 Å². The number of nitrogens with one attached hydrogen (secondary N) is 1. The van der Waals surface area contributed by atoms with Crippen molar-refractivity contribution in [2.75, 3.05) is 13.2 Å². The lowest BCUT2D eigenvalue weighted by Gasteiger charge is -1.97. The molecular weight excluding hydrogens is 170 g/mol. The van der Waals surface area contributed by atoms with E-state index in [2.05, 4.69) is 10.1 Å². The highest BCUT2D eigenvalue weighted by molar-refractivity contribution is 5.94. The molecule has 4 heteroatoms. The largest absolute Gasteiger partial charge is 0.463 e. The van der Waals surface area contributed by atoms with Crippen LogP contribution in [0.3, 0.4) is 0 Å². The van der Waals surface area contributed by atoms with Crippen molar-refractivity contribution in [2.45, 2.75) is 20.3 Å². The molecule has 0 fully saturated rings. The van der Waals surface area contributed by atoms with Gasteiger partial charge in [-0.25, -0.2) is 4.79 Å². The second-order valence-electron chi connectivity index (χ2n) is 2.38. The lowest BCUT2D eigenvalue weighted by Crippen LogP contribution is -2.21. The molecule has 0 saturated heterocycles. The molecule has 0 aliphatic heterocycles. The van der Waals surface area contributed by atoms with Crippen LogP contribution in [0.5, 0.6) is 0 Å². The van der Waals surface area contributed by atoms with E-state index >= 15 is 0 Å². The highest BCUT2D eigenvalue weighted by atomic mass is 16.5. The summed E-state index contributed by atoms with van der Waals surface area (Å²) < 4.78 is 4.59. The van der Waals surface area contributed by atoms with Gasteiger partial charge in [0.25, 0.3) is 0 Å². The second kappa shape index (κ2) is 7.34. The van der Waals surface area contributed by atoms with Gasteiger partial charge < -0.3 is 10.1 Å². The van der Waals surface area contributed by atoms with Crippen LogP contribution < -0.4 is 5.32 Å². The van der Waals surface area contributed by atoms with Crippen LogP contribution in [-0.4, -0.2) is 25.0 Å². The number of rotatable bonds is 5. The smallest absolute Gasteiger partial charge is 0.330 e. The Morgan fingerprint density at radius 1 is 1.31 bits per heavy atom. The molecule has 0 aromatic rings. The Morgan fingerprint density at radius 3 is 2.54 bits per heavy atom. The first kappa shape index (κ1) is 11.7. The first-order valence-corrected chi connectivity index (χ1v) is 4.33. The molecule has 0 spiro atoms. The fraction of sp³-hybridized carbons (Fsp3) is 0.556. The number of ether oxygens (including phenoxy) is 1. The molecule has 0 unspecified atom stereocenters. The van der Waals surface area contributed by atoms with Crippen molar-refractivity contribution in [1.29, 1.82) is 0 Å². The van der Waals surface area contributed by atoms with E-state index in [9.17, 15) is 9.59 Å². The van der Waals surface area contributed by atoms with Crippen LogP contribution in [-0.2, 0) is 14.3 Å². The maximum absolute atomic E-state index is 10.9. The Kier molecular flexibility index (Phi) is 6.59. The predicted molar refractivity (Wildman–Crippen MR) is 49.1 cm³/mol. The maximum Gasteiger partial charge on any atom is 0.330 e. The average Bonchev–Trinajstić information content (AvgIpc) is 2.12. The van der Waals surface area contributed by atoms with Crippen LogP contribution in [0.15, 0.2) is 12.2 Å². The Bertz CT molecular complexity index is 199. The number of esters is 1. The molecule has 0 aromatic carbocycles. The van der Waals surface area contributed by atoms with E-state index in [0.717, 1.165) is 12.5 Å². The molecule has 0 radical (unpaired) electrons. The first-order valence-electron chi connectivity index (χ1n) is 4.33. The predicted octanol–water partition coefficient (Wildman–Crippen LogP) is 0.632. The zero-order valence-electron chi connectivity index (χ0n) is 8.00. The van der Waals surface area contributed by atoms with Gasteiger partial charge in [0, 0.05) is 18.7 Å². The minimum absolute atomic E-state index is 0.269. The molecule has 0 heterocycles. The number of hydrogen-bond donors (Lipinski definition) is 1. The highest BCUT2D eigenvalue weighted by Gasteiger charge is 1.96. The Hall–Kier alpha value is -1.32. The molecule has 13 heavy (non-hydrogen) atoms. The fourth-order valence-electron chi connectivity index (χ4n) is 0.641. The minimum Gasteiger partial charge on any atom is -0.463 e. The second-order valence-corrected chi connectivity index (χ2v) is 2.38. The lowest BCUT2D eigenvalue weighted by atomic mass is 10.4. The summed E-state index contributed by atoms with van der Waals surface area (Å²) in [5.41, 5.74) is 0. The van der Waals surface area contributed by atoms with Crippen molar-refractivity contribution in [1.82, 2.24) is 5.32 Å². The van der Waals surface area contributed by atoms with E-state index in [-0.39, 0.29) is 5.91 Å². The van der Waals surface area contributed by atoms with Crippen LogP contribution in [0.1, 0.15) is 20.3 Å². The number of amides is 1. The fourth-order valence-corrected chi connectivity index (χ4v) is 0.641. The van der Waals surface area contributed by atoms with Gasteiger partial charge in [-0.15, -0.1) is 0 Å². The van der Waals surface area contributed by atoms with Gasteiger partial charge in [-0.2, -0.15) is 0 Å². The molecule has 0 rings (SSSR count).